The predicted octanol–water partition coefficient (Wildman–Crippen LogP) is 4.45. The number of aliphatic hydroxyl groups excluding tert-OH is 1. The number of carbonyl (C=O) groups is 2. The van der Waals surface area contributed by atoms with Crippen molar-refractivity contribution in [1.82, 2.24) is 0 Å². The van der Waals surface area contributed by atoms with E-state index >= 15 is 0 Å². The van der Waals surface area contributed by atoms with Gasteiger partial charge in [-0.3, -0.25) is 4.79 Å². The van der Waals surface area contributed by atoms with Crippen molar-refractivity contribution in [2.24, 2.45) is 11.8 Å². The van der Waals surface area contributed by atoms with Crippen molar-refractivity contribution in [3.05, 3.63) is 12.2 Å². The monoisotopic (exact) mass is 382 g/mol. The summed E-state index contributed by atoms with van der Waals surface area (Å²) >= 11 is 0. The molecule has 6 heteroatoms. The van der Waals surface area contributed by atoms with Crippen LogP contribution in [0.25, 0.3) is 0 Å². The molecule has 0 aromatic rings. The lowest BCUT2D eigenvalue weighted by Gasteiger charge is -2.23. The van der Waals surface area contributed by atoms with Crippen LogP contribution >= 0.6 is 0 Å². The average molecular weight is 382 g/mol. The van der Waals surface area contributed by atoms with Crippen LogP contribution in [0.3, 0.4) is 0 Å². The van der Waals surface area contributed by atoms with Crippen molar-refractivity contribution < 1.29 is 29.3 Å². The quantitative estimate of drug-likeness (QED) is 0.278. The zero-order valence-electron chi connectivity index (χ0n) is 16.3. The number of unbranched alkanes of at least 4 members (excludes halogenated alkanes) is 3. The van der Waals surface area contributed by atoms with E-state index in [0.717, 1.165) is 57.8 Å². The first-order valence-corrected chi connectivity index (χ1v) is 10.4. The number of aliphatic carboxylic acids is 1. The molecular formula is C21H34O6. The van der Waals surface area contributed by atoms with Crippen LogP contribution in [0, 0.1) is 11.8 Å². The number of allylic oxidation sites excluding steroid dienone is 2. The fourth-order valence-corrected chi connectivity index (χ4v) is 4.30. The number of fused-ring (bicyclic) bond motifs is 2. The molecule has 0 unspecified atom stereocenters. The zero-order valence-corrected chi connectivity index (χ0v) is 16.3. The summed E-state index contributed by atoms with van der Waals surface area (Å²) < 4.78 is 10.8. The Kier molecular flexibility index (Phi) is 9.11. The first-order valence-electron chi connectivity index (χ1n) is 10.4. The van der Waals surface area contributed by atoms with Crippen molar-refractivity contribution in [3.63, 3.8) is 0 Å². The summed E-state index contributed by atoms with van der Waals surface area (Å²) in [5, 5.41) is 18.9. The summed E-state index contributed by atoms with van der Waals surface area (Å²) in [7, 11) is 0. The van der Waals surface area contributed by atoms with Gasteiger partial charge in [-0.1, -0.05) is 38.3 Å². The molecule has 2 rings (SSSR count). The van der Waals surface area contributed by atoms with E-state index in [4.69, 9.17) is 14.6 Å². The molecule has 0 radical (unpaired) electrons. The standard InChI is InChI=1S/C21H34O6/c1-2-3-6-9-15(22)12-13-17-16(10-7-4-5-8-11-20(23)24)18-14-19(17)27-21(25)26-18/h4,7,15-19,22H,2-3,5-6,8-14H2,1H3,(H,23,24)/b7-4-/t15-,16+,17+,18-,19+/m0/s1. The highest BCUT2D eigenvalue weighted by Gasteiger charge is 2.50. The summed E-state index contributed by atoms with van der Waals surface area (Å²) in [4.78, 5) is 22.2. The fraction of sp³-hybridized carbons (Fsp3) is 0.810. The molecule has 1 saturated heterocycles. The van der Waals surface area contributed by atoms with E-state index in [9.17, 15) is 14.7 Å². The molecule has 1 heterocycles. The third-order valence-corrected chi connectivity index (χ3v) is 5.78. The van der Waals surface area contributed by atoms with E-state index in [-0.39, 0.29) is 36.6 Å². The highest BCUT2D eigenvalue weighted by atomic mass is 16.7. The molecule has 154 valence electrons. The molecule has 0 aromatic heterocycles. The number of carboxylic acids is 1. The maximum absolute atomic E-state index is 11.6. The van der Waals surface area contributed by atoms with Gasteiger partial charge in [0.15, 0.2) is 0 Å². The normalized spacial score (nSPS) is 28.1. The second-order valence-electron chi connectivity index (χ2n) is 7.85. The van der Waals surface area contributed by atoms with Gasteiger partial charge in [0.25, 0.3) is 0 Å². The summed E-state index contributed by atoms with van der Waals surface area (Å²) in [6, 6.07) is 0. The second kappa shape index (κ2) is 11.3. The highest BCUT2D eigenvalue weighted by Crippen LogP contribution is 2.44. The SMILES string of the molecule is CCCCC[C@H](O)CC[C@@H]1[C@@H](C/C=C\CCCC(=O)O)[C@@H]2C[C@H]1OC(=O)O2. The Labute approximate surface area is 161 Å². The lowest BCUT2D eigenvalue weighted by atomic mass is 9.85. The van der Waals surface area contributed by atoms with E-state index < -0.39 is 12.1 Å². The molecule has 0 amide bonds. The van der Waals surface area contributed by atoms with Gasteiger partial charge in [0.05, 0.1) is 6.10 Å². The molecule has 0 spiro atoms. The van der Waals surface area contributed by atoms with Crippen LogP contribution in [0.2, 0.25) is 0 Å². The Morgan fingerprint density at radius 2 is 1.89 bits per heavy atom. The number of rotatable bonds is 13. The Morgan fingerprint density at radius 3 is 2.59 bits per heavy atom. The molecule has 5 atom stereocenters. The lowest BCUT2D eigenvalue weighted by molar-refractivity contribution is -0.137. The van der Waals surface area contributed by atoms with Crippen molar-refractivity contribution >= 4 is 12.1 Å². The molecule has 1 saturated carbocycles. The Hall–Kier alpha value is -1.56. The van der Waals surface area contributed by atoms with Crippen LogP contribution in [-0.2, 0) is 14.3 Å². The van der Waals surface area contributed by atoms with Crippen molar-refractivity contribution in [3.8, 4) is 0 Å². The third-order valence-electron chi connectivity index (χ3n) is 5.78. The minimum atomic E-state index is -0.769. The van der Waals surface area contributed by atoms with Gasteiger partial charge in [-0.05, 0) is 38.5 Å². The molecule has 1 aliphatic heterocycles. The Morgan fingerprint density at radius 1 is 1.15 bits per heavy atom. The lowest BCUT2D eigenvalue weighted by Crippen LogP contribution is -2.28. The fourth-order valence-electron chi connectivity index (χ4n) is 4.30. The van der Waals surface area contributed by atoms with Crippen LogP contribution in [0.15, 0.2) is 12.2 Å². The molecule has 2 fully saturated rings. The molecule has 27 heavy (non-hydrogen) atoms. The van der Waals surface area contributed by atoms with Crippen LogP contribution < -0.4 is 0 Å². The Bertz CT molecular complexity index is 503. The van der Waals surface area contributed by atoms with E-state index in [1.165, 1.54) is 0 Å². The Balaban J connectivity index is 1.83. The minimum Gasteiger partial charge on any atom is -0.481 e. The maximum atomic E-state index is 11.6. The van der Waals surface area contributed by atoms with Crippen LogP contribution in [0.4, 0.5) is 4.79 Å². The highest BCUT2D eigenvalue weighted by molar-refractivity contribution is 5.66. The summed E-state index contributed by atoms with van der Waals surface area (Å²) in [6.07, 6.45) is 11.8. The molecular weight excluding hydrogens is 348 g/mol. The van der Waals surface area contributed by atoms with Gasteiger partial charge in [-0.25, -0.2) is 4.79 Å². The van der Waals surface area contributed by atoms with Gasteiger partial charge < -0.3 is 19.7 Å². The van der Waals surface area contributed by atoms with Gasteiger partial charge in [0.2, 0.25) is 0 Å². The summed E-state index contributed by atoms with van der Waals surface area (Å²) in [5.74, 6) is -0.347. The van der Waals surface area contributed by atoms with Crippen LogP contribution in [0.1, 0.15) is 77.6 Å². The first kappa shape index (κ1) is 21.7. The third kappa shape index (κ3) is 7.17. The predicted molar refractivity (Wildman–Crippen MR) is 101 cm³/mol. The maximum Gasteiger partial charge on any atom is 0.508 e. The van der Waals surface area contributed by atoms with Gasteiger partial charge in [0.1, 0.15) is 12.2 Å². The molecule has 2 bridgehead atoms. The first-order chi connectivity index (χ1) is 13.0. The smallest absolute Gasteiger partial charge is 0.481 e. The molecule has 2 aliphatic rings. The van der Waals surface area contributed by atoms with Crippen LogP contribution in [0.5, 0.6) is 0 Å². The van der Waals surface area contributed by atoms with Crippen molar-refractivity contribution in [2.45, 2.75) is 95.9 Å². The number of ether oxygens (including phenoxy) is 2. The number of hydrogen-bond donors (Lipinski definition) is 2. The average Bonchev–Trinajstić information content (AvgIpc) is 2.86. The van der Waals surface area contributed by atoms with Gasteiger partial charge in [0, 0.05) is 24.7 Å². The number of hydrogen-bond acceptors (Lipinski definition) is 5. The zero-order chi connectivity index (χ0) is 19.6. The van der Waals surface area contributed by atoms with Gasteiger partial charge in [-0.2, -0.15) is 0 Å². The number of aliphatic hydroxyl groups is 1. The topological polar surface area (TPSA) is 93.1 Å². The minimum absolute atomic E-state index is 0.107. The van der Waals surface area contributed by atoms with E-state index in [1.54, 1.807) is 0 Å². The molecule has 1 aliphatic carbocycles. The van der Waals surface area contributed by atoms with E-state index in [0.29, 0.717) is 6.42 Å². The van der Waals surface area contributed by atoms with Gasteiger partial charge >= 0.3 is 12.1 Å². The van der Waals surface area contributed by atoms with Gasteiger partial charge in [-0.15, -0.1) is 0 Å². The summed E-state index contributed by atoms with van der Waals surface area (Å²) in [5.41, 5.74) is 0. The van der Waals surface area contributed by atoms with E-state index in [1.807, 2.05) is 6.08 Å². The van der Waals surface area contributed by atoms with E-state index in [2.05, 4.69) is 13.0 Å². The largest absolute Gasteiger partial charge is 0.508 e. The van der Waals surface area contributed by atoms with Crippen LogP contribution in [-0.4, -0.2) is 40.6 Å². The second-order valence-corrected chi connectivity index (χ2v) is 7.85. The number of carbonyl (C=O) groups excluding carboxylic acids is 1. The molecule has 6 nitrogen and oxygen atoms in total. The summed E-state index contributed by atoms with van der Waals surface area (Å²) in [6.45, 7) is 2.15. The molecule has 0 aromatic carbocycles. The van der Waals surface area contributed by atoms with Crippen molar-refractivity contribution in [2.75, 3.05) is 0 Å². The van der Waals surface area contributed by atoms with Crippen molar-refractivity contribution in [1.29, 1.82) is 0 Å². The number of carboxylic acid groups (broad SMARTS) is 1. The molecule has 2 N–H and O–H groups in total.